The Labute approximate surface area is 155 Å². The van der Waals surface area contributed by atoms with Gasteiger partial charge in [0.2, 0.25) is 0 Å². The molecule has 1 N–H and O–H groups in total. The lowest BCUT2D eigenvalue weighted by Crippen LogP contribution is -2.18. The van der Waals surface area contributed by atoms with Gasteiger partial charge < -0.3 is 14.6 Å². The van der Waals surface area contributed by atoms with Crippen LogP contribution in [0.15, 0.2) is 57.9 Å². The van der Waals surface area contributed by atoms with E-state index in [4.69, 9.17) is 9.84 Å². The van der Waals surface area contributed by atoms with Gasteiger partial charge in [-0.15, -0.1) is 0 Å². The molecule has 0 aliphatic rings. The summed E-state index contributed by atoms with van der Waals surface area (Å²) in [5.74, 6) is 0.0703. The SMILES string of the molecule is CC(=O)Oc1ccc(-n2cc(Br)c3cc(OC(=O)O)ccc3c2=O)cc1. The number of hydrogen-bond acceptors (Lipinski definition) is 5. The van der Waals surface area contributed by atoms with Crippen molar-refractivity contribution < 1.29 is 24.2 Å². The molecule has 0 saturated carbocycles. The largest absolute Gasteiger partial charge is 0.511 e. The van der Waals surface area contributed by atoms with Crippen LogP contribution in [0.2, 0.25) is 0 Å². The Morgan fingerprint density at radius 2 is 1.65 bits per heavy atom. The molecule has 1 heterocycles. The Kier molecular flexibility index (Phi) is 4.77. The second kappa shape index (κ2) is 7.01. The summed E-state index contributed by atoms with van der Waals surface area (Å²) in [6, 6.07) is 10.9. The second-order valence-corrected chi connectivity index (χ2v) is 6.17. The van der Waals surface area contributed by atoms with Gasteiger partial charge in [-0.25, -0.2) is 4.79 Å². The van der Waals surface area contributed by atoms with Gasteiger partial charge in [-0.1, -0.05) is 0 Å². The fourth-order valence-electron chi connectivity index (χ4n) is 2.48. The van der Waals surface area contributed by atoms with E-state index in [1.165, 1.54) is 29.7 Å². The average molecular weight is 418 g/mol. The highest BCUT2D eigenvalue weighted by molar-refractivity contribution is 9.10. The third kappa shape index (κ3) is 3.60. The number of rotatable bonds is 3. The fraction of sp³-hybridized carbons (Fsp3) is 0.0556. The summed E-state index contributed by atoms with van der Waals surface area (Å²) in [5, 5.41) is 9.62. The van der Waals surface area contributed by atoms with E-state index in [1.54, 1.807) is 30.5 Å². The smallest absolute Gasteiger partial charge is 0.449 e. The van der Waals surface area contributed by atoms with Gasteiger partial charge in [-0.3, -0.25) is 14.2 Å². The van der Waals surface area contributed by atoms with Gasteiger partial charge >= 0.3 is 12.1 Å². The molecule has 0 radical (unpaired) electrons. The highest BCUT2D eigenvalue weighted by Gasteiger charge is 2.11. The van der Waals surface area contributed by atoms with E-state index in [1.807, 2.05) is 0 Å². The number of benzene rings is 2. The van der Waals surface area contributed by atoms with E-state index in [2.05, 4.69) is 20.7 Å². The van der Waals surface area contributed by atoms with E-state index in [0.717, 1.165) is 0 Å². The molecule has 8 heteroatoms. The molecule has 0 aliphatic heterocycles. The van der Waals surface area contributed by atoms with Crippen LogP contribution in [0.25, 0.3) is 16.5 Å². The molecule has 3 aromatic rings. The number of hydrogen-bond donors (Lipinski definition) is 1. The van der Waals surface area contributed by atoms with Crippen molar-refractivity contribution in [2.75, 3.05) is 0 Å². The maximum absolute atomic E-state index is 12.8. The van der Waals surface area contributed by atoms with Crippen LogP contribution >= 0.6 is 15.9 Å². The van der Waals surface area contributed by atoms with Gasteiger partial charge in [-0.05, 0) is 58.4 Å². The summed E-state index contributed by atoms with van der Waals surface area (Å²) < 4.78 is 11.6. The molecule has 26 heavy (non-hydrogen) atoms. The molecule has 3 rings (SSSR count). The molecular formula is C18H12BrNO6. The van der Waals surface area contributed by atoms with Gasteiger partial charge in [0.15, 0.2) is 0 Å². The molecule has 0 atom stereocenters. The van der Waals surface area contributed by atoms with E-state index in [9.17, 15) is 14.4 Å². The van der Waals surface area contributed by atoms with Crippen molar-refractivity contribution in [3.63, 3.8) is 0 Å². The lowest BCUT2D eigenvalue weighted by molar-refractivity contribution is -0.131. The molecule has 0 unspecified atom stereocenters. The number of pyridine rings is 1. The maximum atomic E-state index is 12.8. The van der Waals surface area contributed by atoms with Crippen LogP contribution in [0.3, 0.4) is 0 Å². The Morgan fingerprint density at radius 1 is 1.00 bits per heavy atom. The number of esters is 1. The predicted molar refractivity (Wildman–Crippen MR) is 97.2 cm³/mol. The van der Waals surface area contributed by atoms with Crippen LogP contribution < -0.4 is 15.0 Å². The molecule has 0 bridgehead atoms. The fourth-order valence-corrected chi connectivity index (χ4v) is 3.01. The minimum absolute atomic E-state index is 0.119. The van der Waals surface area contributed by atoms with Crippen LogP contribution in [0, 0.1) is 0 Å². The zero-order chi connectivity index (χ0) is 18.8. The monoisotopic (exact) mass is 417 g/mol. The topological polar surface area (TPSA) is 94.8 Å². The number of aromatic nitrogens is 1. The number of fused-ring (bicyclic) bond motifs is 1. The van der Waals surface area contributed by atoms with E-state index in [0.29, 0.717) is 26.7 Å². The van der Waals surface area contributed by atoms with Crippen LogP contribution in [0.5, 0.6) is 11.5 Å². The second-order valence-electron chi connectivity index (χ2n) is 5.32. The number of carboxylic acid groups (broad SMARTS) is 1. The Hall–Kier alpha value is -3.13. The summed E-state index contributed by atoms with van der Waals surface area (Å²) in [6.45, 7) is 1.31. The van der Waals surface area contributed by atoms with E-state index >= 15 is 0 Å². The summed E-state index contributed by atoms with van der Waals surface area (Å²) in [4.78, 5) is 34.4. The Bertz CT molecular complexity index is 1070. The summed E-state index contributed by atoms with van der Waals surface area (Å²) in [7, 11) is 0. The molecule has 0 amide bonds. The molecule has 0 aliphatic carbocycles. The zero-order valence-corrected chi connectivity index (χ0v) is 15.0. The van der Waals surface area contributed by atoms with Crippen molar-refractivity contribution in [2.45, 2.75) is 6.92 Å². The van der Waals surface area contributed by atoms with Crippen LogP contribution in [0.4, 0.5) is 4.79 Å². The van der Waals surface area contributed by atoms with Gasteiger partial charge in [0.05, 0.1) is 0 Å². The highest BCUT2D eigenvalue weighted by Crippen LogP contribution is 2.27. The van der Waals surface area contributed by atoms with Crippen molar-refractivity contribution in [1.29, 1.82) is 0 Å². The van der Waals surface area contributed by atoms with E-state index in [-0.39, 0.29) is 11.3 Å². The van der Waals surface area contributed by atoms with E-state index < -0.39 is 12.1 Å². The highest BCUT2D eigenvalue weighted by atomic mass is 79.9. The van der Waals surface area contributed by atoms with Gasteiger partial charge in [0.25, 0.3) is 5.56 Å². The van der Waals surface area contributed by atoms with Crippen molar-refractivity contribution in [2.24, 2.45) is 0 Å². The van der Waals surface area contributed by atoms with Crippen molar-refractivity contribution in [3.8, 4) is 17.2 Å². The van der Waals surface area contributed by atoms with Gasteiger partial charge in [-0.2, -0.15) is 0 Å². The van der Waals surface area contributed by atoms with Gasteiger partial charge in [0.1, 0.15) is 11.5 Å². The molecule has 1 aromatic heterocycles. The number of nitrogens with zero attached hydrogens (tertiary/aromatic N) is 1. The first-order valence-electron chi connectivity index (χ1n) is 7.39. The van der Waals surface area contributed by atoms with Crippen LogP contribution in [-0.4, -0.2) is 21.8 Å². The minimum atomic E-state index is -1.43. The first kappa shape index (κ1) is 17.7. The minimum Gasteiger partial charge on any atom is -0.449 e. The van der Waals surface area contributed by atoms with Crippen LogP contribution in [0.1, 0.15) is 6.92 Å². The Balaban J connectivity index is 2.07. The number of carbonyl (C=O) groups excluding carboxylic acids is 1. The zero-order valence-electron chi connectivity index (χ0n) is 13.4. The Morgan fingerprint density at radius 3 is 2.27 bits per heavy atom. The normalized spacial score (nSPS) is 10.5. The van der Waals surface area contributed by atoms with Crippen molar-refractivity contribution in [1.82, 2.24) is 4.57 Å². The first-order chi connectivity index (χ1) is 12.3. The quantitative estimate of drug-likeness (QED) is 0.396. The van der Waals surface area contributed by atoms with Gasteiger partial charge in [0, 0.05) is 34.1 Å². The summed E-state index contributed by atoms with van der Waals surface area (Å²) >= 11 is 3.39. The van der Waals surface area contributed by atoms with Crippen molar-refractivity contribution in [3.05, 3.63) is 63.5 Å². The molecule has 0 spiro atoms. The summed E-state index contributed by atoms with van der Waals surface area (Å²) in [5.41, 5.74) is 0.296. The van der Waals surface area contributed by atoms with Crippen molar-refractivity contribution >= 4 is 38.8 Å². The molecule has 7 nitrogen and oxygen atoms in total. The lowest BCUT2D eigenvalue weighted by atomic mass is 10.1. The molecule has 0 saturated heterocycles. The lowest BCUT2D eigenvalue weighted by Gasteiger charge is -2.11. The number of ether oxygens (including phenoxy) is 2. The average Bonchev–Trinajstić information content (AvgIpc) is 2.58. The standard InChI is InChI=1S/C18H12BrNO6/c1-10(21)25-12-4-2-11(3-5-12)20-9-16(19)15-8-13(26-18(23)24)6-7-14(15)17(20)22/h2-9H,1H3,(H,23,24). The summed E-state index contributed by atoms with van der Waals surface area (Å²) in [6.07, 6.45) is 0.150. The molecular weight excluding hydrogens is 406 g/mol. The number of carbonyl (C=O) groups is 2. The third-order valence-electron chi connectivity index (χ3n) is 3.52. The maximum Gasteiger partial charge on any atom is 0.511 e. The molecule has 132 valence electrons. The number of halogens is 1. The first-order valence-corrected chi connectivity index (χ1v) is 8.19. The molecule has 0 fully saturated rings. The van der Waals surface area contributed by atoms with Crippen LogP contribution in [-0.2, 0) is 4.79 Å². The molecule has 2 aromatic carbocycles. The third-order valence-corrected chi connectivity index (χ3v) is 4.15. The predicted octanol–water partition coefficient (Wildman–Crippen LogP) is 3.74.